The minimum Gasteiger partial charge on any atom is -0.460 e. The van der Waals surface area contributed by atoms with E-state index in [2.05, 4.69) is 15.6 Å². The van der Waals surface area contributed by atoms with E-state index in [4.69, 9.17) is 14.3 Å². The highest BCUT2D eigenvalue weighted by Crippen LogP contribution is 2.23. The van der Waals surface area contributed by atoms with Gasteiger partial charge in [0.2, 0.25) is 5.91 Å². The molecule has 234 valence electrons. The van der Waals surface area contributed by atoms with Crippen LogP contribution in [0.4, 0.5) is 10.5 Å². The summed E-state index contributed by atoms with van der Waals surface area (Å²) in [5.41, 5.74) is 1.60. The Hall–Kier alpha value is -4.19. The highest BCUT2D eigenvalue weighted by Gasteiger charge is 2.31. The number of nitrogens with zero attached hydrogens (tertiary/aromatic N) is 3. The molecule has 2 heterocycles. The lowest BCUT2D eigenvalue weighted by Crippen LogP contribution is -2.55. The first-order valence-electron chi connectivity index (χ1n) is 14.6. The summed E-state index contributed by atoms with van der Waals surface area (Å²) < 4.78 is 10.2. The van der Waals surface area contributed by atoms with E-state index in [0.717, 1.165) is 5.56 Å². The van der Waals surface area contributed by atoms with Crippen LogP contribution in [-0.2, 0) is 23.9 Å². The molecule has 0 saturated carbocycles. The number of rotatable bonds is 11. The summed E-state index contributed by atoms with van der Waals surface area (Å²) in [4.78, 5) is 62.8. The summed E-state index contributed by atoms with van der Waals surface area (Å²) in [6.45, 7) is 12.2. The molecule has 43 heavy (non-hydrogen) atoms. The number of hydrogen-bond donors (Lipinski definition) is 2. The van der Waals surface area contributed by atoms with Crippen molar-refractivity contribution in [3.05, 3.63) is 48.2 Å². The SMILES string of the molecule is CCOC(=O)ON1CCN(C(=O)[C@H](CCC(=O)OC(C)(C)C)NC(=O)c2cc(NC(C)C)cc(-c3ccccc3)n2)CC1. The molecule has 12 nitrogen and oxygen atoms in total. The predicted octanol–water partition coefficient (Wildman–Crippen LogP) is 4.02. The minimum absolute atomic E-state index is 0.0362. The topological polar surface area (TPSA) is 139 Å². The number of carbonyl (C=O) groups is 4. The predicted molar refractivity (Wildman–Crippen MR) is 161 cm³/mol. The standard InChI is InChI=1S/C31H43N5O7/c1-7-41-30(40)43-36-17-15-35(16-18-36)29(39)24(13-14-27(37)42-31(4,5)6)34-28(38)26-20-23(32-21(2)3)19-25(33-26)22-11-9-8-10-12-22/h8-12,19-21,24H,7,13-18H2,1-6H3,(H,32,33)(H,34,38)/t24-/m0/s1. The summed E-state index contributed by atoms with van der Waals surface area (Å²) in [6.07, 6.45) is -0.840. The van der Waals surface area contributed by atoms with Crippen LogP contribution >= 0.6 is 0 Å². The van der Waals surface area contributed by atoms with Gasteiger partial charge in [0.05, 0.1) is 25.4 Å². The average molecular weight is 598 g/mol. The van der Waals surface area contributed by atoms with E-state index < -0.39 is 29.7 Å². The number of amides is 2. The molecule has 1 aromatic carbocycles. The molecule has 1 aliphatic rings. The van der Waals surface area contributed by atoms with Crippen molar-refractivity contribution in [2.45, 2.75) is 72.1 Å². The van der Waals surface area contributed by atoms with Crippen LogP contribution in [0.15, 0.2) is 42.5 Å². The molecule has 0 aliphatic carbocycles. The molecule has 0 unspecified atom stereocenters. The van der Waals surface area contributed by atoms with Gasteiger partial charge in [-0.15, -0.1) is 5.06 Å². The number of piperazine rings is 1. The first-order chi connectivity index (χ1) is 20.3. The number of ether oxygens (including phenoxy) is 2. The zero-order valence-electron chi connectivity index (χ0n) is 25.8. The van der Waals surface area contributed by atoms with Gasteiger partial charge >= 0.3 is 12.1 Å². The maximum absolute atomic E-state index is 13.7. The number of hydrogen-bond acceptors (Lipinski definition) is 10. The van der Waals surface area contributed by atoms with Gasteiger partial charge in [0.25, 0.3) is 5.91 Å². The zero-order valence-corrected chi connectivity index (χ0v) is 25.8. The van der Waals surface area contributed by atoms with Crippen molar-refractivity contribution in [2.24, 2.45) is 0 Å². The lowest BCUT2D eigenvalue weighted by Gasteiger charge is -2.35. The Morgan fingerprint density at radius 2 is 1.67 bits per heavy atom. The van der Waals surface area contributed by atoms with Crippen LogP contribution in [-0.4, -0.2) is 89.4 Å². The molecule has 2 amide bonds. The number of nitrogens with one attached hydrogen (secondary N) is 2. The number of anilines is 1. The molecule has 0 radical (unpaired) electrons. The van der Waals surface area contributed by atoms with Crippen LogP contribution in [0, 0.1) is 0 Å². The Balaban J connectivity index is 1.80. The molecular formula is C31H43N5O7. The van der Waals surface area contributed by atoms with Gasteiger partial charge in [0.1, 0.15) is 17.3 Å². The summed E-state index contributed by atoms with van der Waals surface area (Å²) in [5.74, 6) is -1.37. The van der Waals surface area contributed by atoms with Gasteiger partial charge in [-0.05, 0) is 60.1 Å². The fourth-order valence-corrected chi connectivity index (χ4v) is 4.43. The first kappa shape index (κ1) is 33.3. The number of pyridine rings is 1. The van der Waals surface area contributed by atoms with Crippen molar-refractivity contribution in [1.29, 1.82) is 0 Å². The monoisotopic (exact) mass is 597 g/mol. The van der Waals surface area contributed by atoms with Crippen molar-refractivity contribution in [2.75, 3.05) is 38.1 Å². The second-order valence-corrected chi connectivity index (χ2v) is 11.5. The number of benzene rings is 1. The van der Waals surface area contributed by atoms with Gasteiger partial charge in [-0.2, -0.15) is 0 Å². The molecule has 1 atom stereocenters. The Kier molecular flexibility index (Phi) is 11.9. The summed E-state index contributed by atoms with van der Waals surface area (Å²) in [5, 5.41) is 7.57. The quantitative estimate of drug-likeness (QED) is 0.365. The third kappa shape index (κ3) is 10.9. The fraction of sp³-hybridized carbons (Fsp3) is 0.516. The fourth-order valence-electron chi connectivity index (χ4n) is 4.43. The summed E-state index contributed by atoms with van der Waals surface area (Å²) in [6, 6.07) is 12.1. The van der Waals surface area contributed by atoms with Crippen LogP contribution < -0.4 is 10.6 Å². The van der Waals surface area contributed by atoms with Gasteiger partial charge in [-0.3, -0.25) is 14.4 Å². The van der Waals surface area contributed by atoms with Crippen molar-refractivity contribution >= 4 is 29.6 Å². The Morgan fingerprint density at radius 3 is 2.28 bits per heavy atom. The Bertz CT molecular complexity index is 1250. The van der Waals surface area contributed by atoms with Crippen molar-refractivity contribution in [3.8, 4) is 11.3 Å². The van der Waals surface area contributed by atoms with Gasteiger partial charge in [0, 0.05) is 36.8 Å². The molecule has 1 fully saturated rings. The number of aromatic nitrogens is 1. The number of hydroxylamine groups is 2. The average Bonchev–Trinajstić information content (AvgIpc) is 2.94. The second-order valence-electron chi connectivity index (χ2n) is 11.5. The maximum atomic E-state index is 13.7. The van der Waals surface area contributed by atoms with E-state index in [1.807, 2.05) is 50.2 Å². The molecule has 1 aromatic heterocycles. The van der Waals surface area contributed by atoms with Crippen LogP contribution in [0.2, 0.25) is 0 Å². The van der Waals surface area contributed by atoms with Crippen LogP contribution in [0.5, 0.6) is 0 Å². The van der Waals surface area contributed by atoms with Crippen LogP contribution in [0.25, 0.3) is 11.3 Å². The molecule has 0 spiro atoms. The zero-order chi connectivity index (χ0) is 31.6. The first-order valence-corrected chi connectivity index (χ1v) is 14.6. The van der Waals surface area contributed by atoms with E-state index in [1.165, 1.54) is 5.06 Å². The van der Waals surface area contributed by atoms with E-state index in [0.29, 0.717) is 11.4 Å². The Morgan fingerprint density at radius 1 is 1.00 bits per heavy atom. The van der Waals surface area contributed by atoms with Crippen LogP contribution in [0.1, 0.15) is 64.9 Å². The third-order valence-corrected chi connectivity index (χ3v) is 6.26. The third-order valence-electron chi connectivity index (χ3n) is 6.26. The second kappa shape index (κ2) is 15.3. The van der Waals surface area contributed by atoms with E-state index >= 15 is 0 Å². The lowest BCUT2D eigenvalue weighted by molar-refractivity contribution is -0.158. The highest BCUT2D eigenvalue weighted by atomic mass is 16.8. The number of carbonyl (C=O) groups excluding carboxylic acids is 4. The molecule has 2 N–H and O–H groups in total. The summed E-state index contributed by atoms with van der Waals surface area (Å²) >= 11 is 0. The van der Waals surface area contributed by atoms with E-state index in [1.54, 1.807) is 38.7 Å². The van der Waals surface area contributed by atoms with Crippen molar-refractivity contribution < 1.29 is 33.5 Å². The minimum atomic E-state index is -1.01. The lowest BCUT2D eigenvalue weighted by atomic mass is 10.1. The van der Waals surface area contributed by atoms with Crippen molar-refractivity contribution in [1.82, 2.24) is 20.3 Å². The van der Waals surface area contributed by atoms with Crippen molar-refractivity contribution in [3.63, 3.8) is 0 Å². The number of esters is 1. The molecule has 1 aliphatic heterocycles. The molecule has 12 heteroatoms. The maximum Gasteiger partial charge on any atom is 0.527 e. The van der Waals surface area contributed by atoms with Crippen LogP contribution in [0.3, 0.4) is 0 Å². The van der Waals surface area contributed by atoms with Gasteiger partial charge in [-0.1, -0.05) is 30.3 Å². The molecule has 0 bridgehead atoms. The smallest absolute Gasteiger partial charge is 0.460 e. The molecule has 1 saturated heterocycles. The van der Waals surface area contributed by atoms with E-state index in [9.17, 15) is 19.2 Å². The van der Waals surface area contributed by atoms with E-state index in [-0.39, 0.29) is 63.3 Å². The Labute approximate surface area is 253 Å². The molecular weight excluding hydrogens is 554 g/mol. The van der Waals surface area contributed by atoms with Gasteiger partial charge in [-0.25, -0.2) is 9.78 Å². The van der Waals surface area contributed by atoms with Gasteiger partial charge < -0.3 is 29.8 Å². The molecule has 2 aromatic rings. The highest BCUT2D eigenvalue weighted by molar-refractivity contribution is 5.97. The largest absolute Gasteiger partial charge is 0.527 e. The normalized spacial score (nSPS) is 14.5. The van der Waals surface area contributed by atoms with Gasteiger partial charge in [0.15, 0.2) is 0 Å². The molecule has 3 rings (SSSR count). The summed E-state index contributed by atoms with van der Waals surface area (Å²) in [7, 11) is 0.